The van der Waals surface area contributed by atoms with Crippen LogP contribution in [0.1, 0.15) is 44.4 Å². The highest BCUT2D eigenvalue weighted by atomic mass is 16.4. The Morgan fingerprint density at radius 3 is 2.19 bits per heavy atom. The lowest BCUT2D eigenvalue weighted by molar-refractivity contribution is -0.142. The van der Waals surface area contributed by atoms with Crippen molar-refractivity contribution < 1.29 is 15.0 Å². The van der Waals surface area contributed by atoms with E-state index in [1.807, 2.05) is 6.92 Å². The second kappa shape index (κ2) is 4.66. The number of carboxylic acid groups (broad SMARTS) is 1. The van der Waals surface area contributed by atoms with Crippen LogP contribution in [-0.2, 0) is 10.2 Å². The molecule has 0 saturated carbocycles. The number of aliphatic hydroxyl groups excluding tert-OH is 1. The van der Waals surface area contributed by atoms with Crippen molar-refractivity contribution in [2.24, 2.45) is 0 Å². The largest absolute Gasteiger partial charge is 0.481 e. The standard InChI is InChI=1S/C13H18O3/c1-4-11(14)9-5-7-10(8-6-9)13(2,3)12(15)16/h5-8,11,14H,4H2,1-3H3,(H,15,16). The SMILES string of the molecule is CCC(O)c1ccc(C(C)(C)C(=O)O)cc1. The normalized spacial score (nSPS) is 13.5. The molecule has 2 N–H and O–H groups in total. The van der Waals surface area contributed by atoms with Gasteiger partial charge in [-0.1, -0.05) is 31.2 Å². The topological polar surface area (TPSA) is 57.5 Å². The smallest absolute Gasteiger partial charge is 0.313 e. The van der Waals surface area contributed by atoms with E-state index in [1.54, 1.807) is 38.1 Å². The molecular weight excluding hydrogens is 204 g/mol. The summed E-state index contributed by atoms with van der Waals surface area (Å²) in [6, 6.07) is 7.10. The molecule has 88 valence electrons. The Morgan fingerprint density at radius 1 is 1.31 bits per heavy atom. The molecule has 0 amide bonds. The number of carbonyl (C=O) groups is 1. The third-order valence-electron chi connectivity index (χ3n) is 2.94. The molecule has 1 unspecified atom stereocenters. The fourth-order valence-electron chi connectivity index (χ4n) is 1.48. The van der Waals surface area contributed by atoms with Crippen LogP contribution in [0.25, 0.3) is 0 Å². The quantitative estimate of drug-likeness (QED) is 0.822. The predicted molar refractivity (Wildman–Crippen MR) is 62.4 cm³/mol. The summed E-state index contributed by atoms with van der Waals surface area (Å²) in [4.78, 5) is 11.0. The summed E-state index contributed by atoms with van der Waals surface area (Å²) in [5.74, 6) is -0.851. The number of hydrogen-bond donors (Lipinski definition) is 2. The van der Waals surface area contributed by atoms with E-state index in [9.17, 15) is 9.90 Å². The number of benzene rings is 1. The van der Waals surface area contributed by atoms with Crippen LogP contribution in [0.15, 0.2) is 24.3 Å². The van der Waals surface area contributed by atoms with Gasteiger partial charge in [0.25, 0.3) is 0 Å². The maximum absolute atomic E-state index is 11.0. The molecule has 0 bridgehead atoms. The van der Waals surface area contributed by atoms with Gasteiger partial charge < -0.3 is 10.2 Å². The van der Waals surface area contributed by atoms with E-state index in [2.05, 4.69) is 0 Å². The Balaban J connectivity index is 2.99. The zero-order valence-corrected chi connectivity index (χ0v) is 9.90. The van der Waals surface area contributed by atoms with Crippen molar-refractivity contribution in [1.82, 2.24) is 0 Å². The first kappa shape index (κ1) is 12.7. The lowest BCUT2D eigenvalue weighted by atomic mass is 9.84. The second-order valence-corrected chi connectivity index (χ2v) is 4.48. The maximum atomic E-state index is 11.0. The van der Waals surface area contributed by atoms with Gasteiger partial charge in [-0.15, -0.1) is 0 Å². The highest BCUT2D eigenvalue weighted by Crippen LogP contribution is 2.25. The molecular formula is C13H18O3. The lowest BCUT2D eigenvalue weighted by Crippen LogP contribution is -2.28. The summed E-state index contributed by atoms with van der Waals surface area (Å²) in [5.41, 5.74) is 0.676. The first-order chi connectivity index (χ1) is 7.39. The summed E-state index contributed by atoms with van der Waals surface area (Å²) < 4.78 is 0. The van der Waals surface area contributed by atoms with Gasteiger partial charge in [-0.3, -0.25) is 4.79 Å². The van der Waals surface area contributed by atoms with Crippen molar-refractivity contribution >= 4 is 5.97 Å². The summed E-state index contributed by atoms with van der Waals surface area (Å²) >= 11 is 0. The van der Waals surface area contributed by atoms with Crippen molar-refractivity contribution in [2.45, 2.75) is 38.7 Å². The van der Waals surface area contributed by atoms with Crippen LogP contribution < -0.4 is 0 Å². The Bertz CT molecular complexity index is 365. The lowest BCUT2D eigenvalue weighted by Gasteiger charge is -2.20. The minimum absolute atomic E-state index is 0.470. The highest BCUT2D eigenvalue weighted by Gasteiger charge is 2.29. The van der Waals surface area contributed by atoms with Crippen molar-refractivity contribution in [3.8, 4) is 0 Å². The molecule has 1 atom stereocenters. The van der Waals surface area contributed by atoms with Gasteiger partial charge in [0, 0.05) is 0 Å². The Hall–Kier alpha value is -1.35. The van der Waals surface area contributed by atoms with Crippen molar-refractivity contribution in [2.75, 3.05) is 0 Å². The minimum atomic E-state index is -0.893. The van der Waals surface area contributed by atoms with E-state index in [4.69, 9.17) is 5.11 Å². The first-order valence-corrected chi connectivity index (χ1v) is 5.41. The van der Waals surface area contributed by atoms with Crippen LogP contribution in [-0.4, -0.2) is 16.2 Å². The van der Waals surface area contributed by atoms with E-state index in [1.165, 1.54) is 0 Å². The molecule has 0 aliphatic heterocycles. The summed E-state index contributed by atoms with van der Waals surface area (Å²) in [5, 5.41) is 18.7. The second-order valence-electron chi connectivity index (χ2n) is 4.48. The van der Waals surface area contributed by atoms with Crippen LogP contribution in [0, 0.1) is 0 Å². The molecule has 0 radical (unpaired) electrons. The molecule has 1 aromatic carbocycles. The number of hydrogen-bond acceptors (Lipinski definition) is 2. The molecule has 3 heteroatoms. The van der Waals surface area contributed by atoms with Gasteiger partial charge in [0.05, 0.1) is 11.5 Å². The number of rotatable bonds is 4. The Kier molecular flexibility index (Phi) is 3.70. The van der Waals surface area contributed by atoms with E-state index in [0.717, 1.165) is 11.1 Å². The average molecular weight is 222 g/mol. The van der Waals surface area contributed by atoms with Gasteiger partial charge in [-0.25, -0.2) is 0 Å². The third-order valence-corrected chi connectivity index (χ3v) is 2.94. The van der Waals surface area contributed by atoms with Gasteiger partial charge in [0.15, 0.2) is 0 Å². The van der Waals surface area contributed by atoms with Gasteiger partial charge in [0.1, 0.15) is 0 Å². The maximum Gasteiger partial charge on any atom is 0.313 e. The van der Waals surface area contributed by atoms with Gasteiger partial charge in [-0.2, -0.15) is 0 Å². The zero-order valence-electron chi connectivity index (χ0n) is 9.90. The molecule has 1 rings (SSSR count). The summed E-state index contributed by atoms with van der Waals surface area (Å²) in [7, 11) is 0. The number of aliphatic carboxylic acids is 1. The van der Waals surface area contributed by atoms with E-state index >= 15 is 0 Å². The Labute approximate surface area is 95.7 Å². The minimum Gasteiger partial charge on any atom is -0.481 e. The van der Waals surface area contributed by atoms with Crippen LogP contribution in [0.5, 0.6) is 0 Å². The molecule has 0 fully saturated rings. The van der Waals surface area contributed by atoms with Crippen molar-refractivity contribution in [3.05, 3.63) is 35.4 Å². The van der Waals surface area contributed by atoms with Crippen LogP contribution in [0.4, 0.5) is 0 Å². The van der Waals surface area contributed by atoms with Gasteiger partial charge in [0.2, 0.25) is 0 Å². The fraction of sp³-hybridized carbons (Fsp3) is 0.462. The molecule has 0 heterocycles. The number of carboxylic acids is 1. The van der Waals surface area contributed by atoms with E-state index in [0.29, 0.717) is 6.42 Å². The molecule has 0 spiro atoms. The molecule has 0 aliphatic rings. The van der Waals surface area contributed by atoms with Crippen LogP contribution in [0.2, 0.25) is 0 Å². The van der Waals surface area contributed by atoms with Crippen molar-refractivity contribution in [3.63, 3.8) is 0 Å². The van der Waals surface area contributed by atoms with Crippen LogP contribution in [0.3, 0.4) is 0 Å². The molecule has 0 aliphatic carbocycles. The molecule has 16 heavy (non-hydrogen) atoms. The van der Waals surface area contributed by atoms with Gasteiger partial charge in [-0.05, 0) is 31.4 Å². The van der Waals surface area contributed by atoms with Gasteiger partial charge >= 0.3 is 5.97 Å². The predicted octanol–water partition coefficient (Wildman–Crippen LogP) is 2.49. The monoisotopic (exact) mass is 222 g/mol. The van der Waals surface area contributed by atoms with E-state index < -0.39 is 17.5 Å². The fourth-order valence-corrected chi connectivity index (χ4v) is 1.48. The van der Waals surface area contributed by atoms with Crippen molar-refractivity contribution in [1.29, 1.82) is 0 Å². The molecule has 0 saturated heterocycles. The average Bonchev–Trinajstić information content (AvgIpc) is 2.28. The Morgan fingerprint density at radius 2 is 1.81 bits per heavy atom. The summed E-state index contributed by atoms with van der Waals surface area (Å²) in [6.07, 6.45) is 0.184. The zero-order chi connectivity index (χ0) is 12.3. The van der Waals surface area contributed by atoms with Crippen LogP contribution >= 0.6 is 0 Å². The third kappa shape index (κ3) is 2.42. The number of aliphatic hydroxyl groups is 1. The first-order valence-electron chi connectivity index (χ1n) is 5.41. The molecule has 3 nitrogen and oxygen atoms in total. The van der Waals surface area contributed by atoms with E-state index in [-0.39, 0.29) is 0 Å². The highest BCUT2D eigenvalue weighted by molar-refractivity contribution is 5.80. The molecule has 1 aromatic rings. The summed E-state index contributed by atoms with van der Waals surface area (Å²) in [6.45, 7) is 5.24. The molecule has 0 aromatic heterocycles.